The average molecular weight is 363 g/mol. The first-order valence-corrected chi connectivity index (χ1v) is 9.53. The Kier molecular flexibility index (Phi) is 3.81. The van der Waals surface area contributed by atoms with Crippen molar-refractivity contribution in [3.8, 4) is 0 Å². The zero-order valence-corrected chi connectivity index (χ0v) is 14.9. The third kappa shape index (κ3) is 3.03. The molecule has 138 valence electrons. The molecule has 0 spiro atoms. The molecule has 3 aromatic rings. The number of pyridine rings is 1. The summed E-state index contributed by atoms with van der Waals surface area (Å²) in [5.74, 6) is 1.19. The highest BCUT2D eigenvalue weighted by Crippen LogP contribution is 2.40. The molecule has 1 amide bonds. The lowest BCUT2D eigenvalue weighted by molar-refractivity contribution is 0.0934. The minimum absolute atomic E-state index is 0.0231. The van der Waals surface area contributed by atoms with Crippen molar-refractivity contribution >= 4 is 16.8 Å². The summed E-state index contributed by atoms with van der Waals surface area (Å²) in [6, 6.07) is 9.80. The molecule has 27 heavy (non-hydrogen) atoms. The highest BCUT2D eigenvalue weighted by Gasteiger charge is 2.27. The van der Waals surface area contributed by atoms with Crippen molar-refractivity contribution in [3.05, 3.63) is 57.9 Å². The third-order valence-electron chi connectivity index (χ3n) is 5.57. The Labute approximate surface area is 155 Å². The van der Waals surface area contributed by atoms with Gasteiger partial charge in [-0.15, -0.1) is 0 Å². The Morgan fingerprint density at radius 3 is 2.89 bits per heavy atom. The number of aryl methyl sites for hydroxylation is 1. The number of carbonyl (C=O) groups is 1. The number of benzene rings is 1. The summed E-state index contributed by atoms with van der Waals surface area (Å²) in [5, 5.41) is 10.6. The standard InChI is InChI=1S/C20H21N5O2/c26-19(21-13-7-8-18-23-24-20(27)25(18)10-9-13)15-11-17(12-5-6-12)22-16-4-2-1-3-14(15)16/h1-4,11-13H,5-10H2,(H,21,26)(H,24,27). The molecule has 1 saturated carbocycles. The van der Waals surface area contributed by atoms with E-state index in [1.54, 1.807) is 4.57 Å². The molecule has 1 unspecified atom stereocenters. The molecule has 1 atom stereocenters. The summed E-state index contributed by atoms with van der Waals surface area (Å²) >= 11 is 0. The van der Waals surface area contributed by atoms with E-state index in [-0.39, 0.29) is 17.6 Å². The minimum Gasteiger partial charge on any atom is -0.349 e. The topological polar surface area (TPSA) is 92.7 Å². The fourth-order valence-corrected chi connectivity index (χ4v) is 3.88. The van der Waals surface area contributed by atoms with Crippen LogP contribution in [0.2, 0.25) is 0 Å². The molecule has 2 aliphatic rings. The fraction of sp³-hybridized carbons (Fsp3) is 0.400. The molecular weight excluding hydrogens is 342 g/mol. The highest BCUT2D eigenvalue weighted by molar-refractivity contribution is 6.06. The van der Waals surface area contributed by atoms with Gasteiger partial charge in [-0.1, -0.05) is 18.2 Å². The van der Waals surface area contributed by atoms with Crippen LogP contribution in [0.15, 0.2) is 35.1 Å². The molecule has 3 heterocycles. The second-order valence-electron chi connectivity index (χ2n) is 7.48. The van der Waals surface area contributed by atoms with Crippen LogP contribution in [-0.4, -0.2) is 31.7 Å². The number of H-pyrrole nitrogens is 1. The summed E-state index contributed by atoms with van der Waals surface area (Å²) in [6.07, 6.45) is 4.46. The Hall–Kier alpha value is -2.96. The number of aromatic amines is 1. The van der Waals surface area contributed by atoms with Crippen LogP contribution in [0.25, 0.3) is 10.9 Å². The summed E-state index contributed by atoms with van der Waals surface area (Å²) < 4.78 is 1.67. The number of amides is 1. The monoisotopic (exact) mass is 363 g/mol. The van der Waals surface area contributed by atoms with Gasteiger partial charge < -0.3 is 5.32 Å². The van der Waals surface area contributed by atoms with Crippen molar-refractivity contribution in [1.82, 2.24) is 25.1 Å². The maximum Gasteiger partial charge on any atom is 0.343 e. The van der Waals surface area contributed by atoms with E-state index >= 15 is 0 Å². The number of carbonyl (C=O) groups excluding carboxylic acids is 1. The van der Waals surface area contributed by atoms with Crippen LogP contribution in [0, 0.1) is 0 Å². The predicted octanol–water partition coefficient (Wildman–Crippen LogP) is 2.13. The first-order chi connectivity index (χ1) is 13.2. The highest BCUT2D eigenvalue weighted by atomic mass is 16.2. The number of hydrogen-bond donors (Lipinski definition) is 2. The third-order valence-corrected chi connectivity index (χ3v) is 5.57. The van der Waals surface area contributed by atoms with E-state index in [1.807, 2.05) is 30.3 Å². The van der Waals surface area contributed by atoms with Crippen molar-refractivity contribution in [2.45, 2.75) is 50.6 Å². The van der Waals surface area contributed by atoms with Crippen LogP contribution in [-0.2, 0) is 13.0 Å². The molecular formula is C20H21N5O2. The molecule has 7 heteroatoms. The van der Waals surface area contributed by atoms with Gasteiger partial charge in [0.15, 0.2) is 0 Å². The van der Waals surface area contributed by atoms with Crippen LogP contribution in [0.5, 0.6) is 0 Å². The van der Waals surface area contributed by atoms with Crippen molar-refractivity contribution in [2.24, 2.45) is 0 Å². The van der Waals surface area contributed by atoms with Gasteiger partial charge in [-0.25, -0.2) is 9.89 Å². The number of nitrogens with zero attached hydrogens (tertiary/aromatic N) is 3. The SMILES string of the molecule is O=C(NC1CCc2n[nH]c(=O)n2CC1)c1cc(C2CC2)nc2ccccc12. The van der Waals surface area contributed by atoms with Gasteiger partial charge >= 0.3 is 5.69 Å². The summed E-state index contributed by atoms with van der Waals surface area (Å²) in [5.41, 5.74) is 2.42. The van der Waals surface area contributed by atoms with Gasteiger partial charge in [-0.3, -0.25) is 14.3 Å². The zero-order valence-electron chi connectivity index (χ0n) is 14.9. The van der Waals surface area contributed by atoms with Gasteiger partial charge in [0, 0.05) is 36.0 Å². The van der Waals surface area contributed by atoms with Crippen LogP contribution >= 0.6 is 0 Å². The lowest BCUT2D eigenvalue weighted by Crippen LogP contribution is -2.35. The maximum atomic E-state index is 13.1. The molecule has 1 aliphatic carbocycles. The van der Waals surface area contributed by atoms with Gasteiger partial charge in [0.05, 0.1) is 11.1 Å². The summed E-state index contributed by atoms with van der Waals surface area (Å²) in [6.45, 7) is 0.569. The fourth-order valence-electron chi connectivity index (χ4n) is 3.88. The number of fused-ring (bicyclic) bond motifs is 2. The van der Waals surface area contributed by atoms with E-state index in [0.717, 1.165) is 48.1 Å². The lowest BCUT2D eigenvalue weighted by Gasteiger charge is -2.17. The smallest absolute Gasteiger partial charge is 0.343 e. The zero-order chi connectivity index (χ0) is 18.4. The van der Waals surface area contributed by atoms with Gasteiger partial charge in [-0.2, -0.15) is 5.10 Å². The summed E-state index contributed by atoms with van der Waals surface area (Å²) in [7, 11) is 0. The maximum absolute atomic E-state index is 13.1. The Balaban J connectivity index is 1.40. The van der Waals surface area contributed by atoms with E-state index in [2.05, 4.69) is 15.5 Å². The normalized spacial score (nSPS) is 19.5. The van der Waals surface area contributed by atoms with Gasteiger partial charge in [0.25, 0.3) is 5.91 Å². The molecule has 1 aliphatic heterocycles. The minimum atomic E-state index is -0.175. The first-order valence-electron chi connectivity index (χ1n) is 9.53. The van der Waals surface area contributed by atoms with E-state index in [4.69, 9.17) is 4.98 Å². The number of aromatic nitrogens is 4. The molecule has 0 bridgehead atoms. The average Bonchev–Trinajstić information content (AvgIpc) is 3.49. The van der Waals surface area contributed by atoms with Gasteiger partial charge in [0.1, 0.15) is 5.82 Å². The van der Waals surface area contributed by atoms with E-state index in [9.17, 15) is 9.59 Å². The van der Waals surface area contributed by atoms with Crippen molar-refractivity contribution in [3.63, 3.8) is 0 Å². The number of para-hydroxylation sites is 1. The molecule has 0 radical (unpaired) electrons. The van der Waals surface area contributed by atoms with E-state index in [1.165, 1.54) is 0 Å². The quantitative estimate of drug-likeness (QED) is 0.746. The van der Waals surface area contributed by atoms with Crippen LogP contribution in [0.4, 0.5) is 0 Å². The van der Waals surface area contributed by atoms with Crippen molar-refractivity contribution in [2.75, 3.05) is 0 Å². The predicted molar refractivity (Wildman–Crippen MR) is 101 cm³/mol. The molecule has 7 nitrogen and oxygen atoms in total. The summed E-state index contributed by atoms with van der Waals surface area (Å²) in [4.78, 5) is 29.6. The Morgan fingerprint density at radius 1 is 1.19 bits per heavy atom. The number of nitrogens with one attached hydrogen (secondary N) is 2. The second-order valence-corrected chi connectivity index (χ2v) is 7.48. The van der Waals surface area contributed by atoms with Gasteiger partial charge in [0.2, 0.25) is 0 Å². The molecule has 5 rings (SSSR count). The van der Waals surface area contributed by atoms with E-state index < -0.39 is 0 Å². The Morgan fingerprint density at radius 2 is 2.04 bits per heavy atom. The first kappa shape index (κ1) is 16.2. The molecule has 1 aromatic carbocycles. The second kappa shape index (κ2) is 6.33. The molecule has 2 N–H and O–H groups in total. The van der Waals surface area contributed by atoms with Crippen molar-refractivity contribution in [1.29, 1.82) is 0 Å². The van der Waals surface area contributed by atoms with Crippen molar-refractivity contribution < 1.29 is 4.79 Å². The Bertz CT molecular complexity index is 1080. The number of rotatable bonds is 3. The molecule has 1 fully saturated rings. The largest absolute Gasteiger partial charge is 0.349 e. The van der Waals surface area contributed by atoms with Gasteiger partial charge in [-0.05, 0) is 37.8 Å². The van der Waals surface area contributed by atoms with Crippen LogP contribution in [0.3, 0.4) is 0 Å². The van der Waals surface area contributed by atoms with Crippen LogP contribution < -0.4 is 11.0 Å². The van der Waals surface area contributed by atoms with E-state index in [0.29, 0.717) is 24.4 Å². The molecule has 2 aromatic heterocycles. The molecule has 0 saturated heterocycles. The lowest BCUT2D eigenvalue weighted by atomic mass is 10.0. The number of hydrogen-bond acceptors (Lipinski definition) is 4. The van der Waals surface area contributed by atoms with Crippen LogP contribution in [0.1, 0.15) is 53.5 Å².